The van der Waals surface area contributed by atoms with Crippen molar-refractivity contribution in [1.29, 1.82) is 0 Å². The zero-order valence-corrected chi connectivity index (χ0v) is 13.4. The first-order valence-corrected chi connectivity index (χ1v) is 8.36. The Morgan fingerprint density at radius 3 is 2.75 bits per heavy atom. The molecule has 4 rings (SSSR count). The first-order chi connectivity index (χ1) is 11.8. The van der Waals surface area contributed by atoms with Gasteiger partial charge in [-0.1, -0.05) is 42.1 Å². The predicted octanol–water partition coefficient (Wildman–Crippen LogP) is 3.01. The average Bonchev–Trinajstić information content (AvgIpc) is 3.11. The van der Waals surface area contributed by atoms with E-state index in [4.69, 9.17) is 0 Å². The summed E-state index contributed by atoms with van der Waals surface area (Å²) in [5.41, 5.74) is 3.22. The molecule has 0 spiro atoms. The van der Waals surface area contributed by atoms with E-state index in [1.54, 1.807) is 6.33 Å². The van der Waals surface area contributed by atoms with Crippen molar-refractivity contribution < 1.29 is 4.79 Å². The number of amides is 1. The quantitative estimate of drug-likeness (QED) is 0.581. The number of rotatable bonds is 4. The summed E-state index contributed by atoms with van der Waals surface area (Å²) in [5, 5.41) is 11.6. The molecule has 118 valence electrons. The van der Waals surface area contributed by atoms with Gasteiger partial charge in [0, 0.05) is 5.69 Å². The van der Waals surface area contributed by atoms with Gasteiger partial charge >= 0.3 is 0 Å². The van der Waals surface area contributed by atoms with E-state index < -0.39 is 0 Å². The molecular formula is C17H13N5OS. The lowest BCUT2D eigenvalue weighted by atomic mass is 10.3. The van der Waals surface area contributed by atoms with E-state index >= 15 is 0 Å². The number of thioether (sulfide) groups is 1. The minimum absolute atomic E-state index is 0.0844. The largest absolute Gasteiger partial charge is 0.325 e. The van der Waals surface area contributed by atoms with Crippen LogP contribution < -0.4 is 5.32 Å². The SMILES string of the molecule is O=C(CSc1nc2ccccc2n2cnnc12)Nc1ccccc1. The normalized spacial score (nSPS) is 11.0. The smallest absolute Gasteiger partial charge is 0.234 e. The molecule has 2 heterocycles. The van der Waals surface area contributed by atoms with Crippen LogP contribution in [0.25, 0.3) is 16.7 Å². The number of nitrogens with one attached hydrogen (secondary N) is 1. The molecule has 0 atom stereocenters. The molecule has 0 aliphatic rings. The monoisotopic (exact) mass is 335 g/mol. The van der Waals surface area contributed by atoms with Gasteiger partial charge in [-0.15, -0.1) is 10.2 Å². The van der Waals surface area contributed by atoms with Gasteiger partial charge in [0.05, 0.1) is 16.8 Å². The van der Waals surface area contributed by atoms with Crippen LogP contribution in [0.3, 0.4) is 0 Å². The molecule has 0 aliphatic carbocycles. The summed E-state index contributed by atoms with van der Waals surface area (Å²) >= 11 is 1.35. The number of hydrogen-bond donors (Lipinski definition) is 1. The van der Waals surface area contributed by atoms with Crippen LogP contribution in [0.5, 0.6) is 0 Å². The lowest BCUT2D eigenvalue weighted by Crippen LogP contribution is -2.14. The van der Waals surface area contributed by atoms with Gasteiger partial charge in [0.15, 0.2) is 5.65 Å². The number of para-hydroxylation sites is 3. The summed E-state index contributed by atoms with van der Waals surface area (Å²) in [4.78, 5) is 16.7. The summed E-state index contributed by atoms with van der Waals surface area (Å²) in [6.07, 6.45) is 1.66. The molecular weight excluding hydrogens is 322 g/mol. The third-order valence-corrected chi connectivity index (χ3v) is 4.45. The zero-order chi connectivity index (χ0) is 16.4. The molecule has 1 amide bonds. The van der Waals surface area contributed by atoms with Crippen molar-refractivity contribution in [2.45, 2.75) is 5.03 Å². The average molecular weight is 335 g/mol. The maximum absolute atomic E-state index is 12.1. The Hall–Kier alpha value is -2.93. The molecule has 4 aromatic rings. The molecule has 24 heavy (non-hydrogen) atoms. The molecule has 0 aliphatic heterocycles. The molecule has 0 saturated heterocycles. The highest BCUT2D eigenvalue weighted by atomic mass is 32.2. The Morgan fingerprint density at radius 2 is 1.88 bits per heavy atom. The van der Waals surface area contributed by atoms with Gasteiger partial charge in [0.2, 0.25) is 5.91 Å². The van der Waals surface area contributed by atoms with E-state index in [2.05, 4.69) is 20.5 Å². The number of carbonyl (C=O) groups excluding carboxylic acids is 1. The number of benzene rings is 2. The number of carbonyl (C=O) groups is 1. The van der Waals surface area contributed by atoms with Crippen molar-refractivity contribution in [3.05, 3.63) is 60.9 Å². The maximum atomic E-state index is 12.1. The van der Waals surface area contributed by atoms with Crippen molar-refractivity contribution in [2.24, 2.45) is 0 Å². The number of hydrogen-bond acceptors (Lipinski definition) is 5. The van der Waals surface area contributed by atoms with Gasteiger partial charge in [-0.2, -0.15) is 0 Å². The van der Waals surface area contributed by atoms with Crippen LogP contribution in [0.15, 0.2) is 66.0 Å². The third-order valence-electron chi connectivity index (χ3n) is 3.50. The first kappa shape index (κ1) is 14.6. The fraction of sp³-hybridized carbons (Fsp3) is 0.0588. The van der Waals surface area contributed by atoms with Crippen LogP contribution in [0.2, 0.25) is 0 Å². The minimum Gasteiger partial charge on any atom is -0.325 e. The first-order valence-electron chi connectivity index (χ1n) is 7.37. The Balaban J connectivity index is 1.57. The molecule has 0 bridgehead atoms. The van der Waals surface area contributed by atoms with Crippen LogP contribution in [-0.2, 0) is 4.79 Å². The number of aromatic nitrogens is 4. The van der Waals surface area contributed by atoms with Crippen LogP contribution in [0, 0.1) is 0 Å². The van der Waals surface area contributed by atoms with Crippen molar-refractivity contribution in [1.82, 2.24) is 19.6 Å². The summed E-state index contributed by atoms with van der Waals surface area (Å²) < 4.78 is 1.89. The number of anilines is 1. The highest BCUT2D eigenvalue weighted by molar-refractivity contribution is 8.00. The van der Waals surface area contributed by atoms with Crippen LogP contribution in [-0.4, -0.2) is 31.2 Å². The molecule has 0 saturated carbocycles. The predicted molar refractivity (Wildman–Crippen MR) is 94.1 cm³/mol. The zero-order valence-electron chi connectivity index (χ0n) is 12.6. The molecule has 0 fully saturated rings. The van der Waals surface area contributed by atoms with Crippen molar-refractivity contribution in [3.63, 3.8) is 0 Å². The second-order valence-corrected chi connectivity index (χ2v) is 6.10. The van der Waals surface area contributed by atoms with Crippen molar-refractivity contribution in [3.8, 4) is 0 Å². The van der Waals surface area contributed by atoms with Crippen molar-refractivity contribution >= 4 is 40.0 Å². The van der Waals surface area contributed by atoms with Crippen LogP contribution in [0.4, 0.5) is 5.69 Å². The van der Waals surface area contributed by atoms with Gasteiger partial charge in [0.25, 0.3) is 0 Å². The maximum Gasteiger partial charge on any atom is 0.234 e. The number of fused-ring (bicyclic) bond motifs is 3. The summed E-state index contributed by atoms with van der Waals surface area (Å²) in [7, 11) is 0. The van der Waals surface area contributed by atoms with E-state index in [1.165, 1.54) is 11.8 Å². The van der Waals surface area contributed by atoms with Gasteiger partial charge in [-0.25, -0.2) is 4.98 Å². The second kappa shape index (κ2) is 6.29. The summed E-state index contributed by atoms with van der Waals surface area (Å²) in [6.45, 7) is 0. The van der Waals surface area contributed by atoms with E-state index in [9.17, 15) is 4.79 Å². The Morgan fingerprint density at radius 1 is 1.08 bits per heavy atom. The lowest BCUT2D eigenvalue weighted by Gasteiger charge is -2.07. The Bertz CT molecular complexity index is 1020. The number of nitrogens with zero attached hydrogens (tertiary/aromatic N) is 4. The topological polar surface area (TPSA) is 72.2 Å². The fourth-order valence-electron chi connectivity index (χ4n) is 2.43. The van der Waals surface area contributed by atoms with E-state index in [-0.39, 0.29) is 11.7 Å². The van der Waals surface area contributed by atoms with E-state index in [0.29, 0.717) is 10.7 Å². The Kier molecular flexibility index (Phi) is 3.84. The van der Waals surface area contributed by atoms with Crippen LogP contribution in [0.1, 0.15) is 0 Å². The van der Waals surface area contributed by atoms with E-state index in [0.717, 1.165) is 16.7 Å². The van der Waals surface area contributed by atoms with Gasteiger partial charge in [-0.05, 0) is 24.3 Å². The highest BCUT2D eigenvalue weighted by Gasteiger charge is 2.12. The minimum atomic E-state index is -0.0844. The Labute approximate surface area is 141 Å². The van der Waals surface area contributed by atoms with Gasteiger partial charge < -0.3 is 5.32 Å². The summed E-state index contributed by atoms with van der Waals surface area (Å²) in [6, 6.07) is 17.2. The van der Waals surface area contributed by atoms with Crippen molar-refractivity contribution in [2.75, 3.05) is 11.1 Å². The molecule has 6 nitrogen and oxygen atoms in total. The summed E-state index contributed by atoms with van der Waals surface area (Å²) in [5.74, 6) is 0.168. The molecule has 2 aromatic carbocycles. The molecule has 2 aromatic heterocycles. The third kappa shape index (κ3) is 2.81. The van der Waals surface area contributed by atoms with Gasteiger partial charge in [-0.3, -0.25) is 9.20 Å². The van der Waals surface area contributed by atoms with Crippen LogP contribution >= 0.6 is 11.8 Å². The molecule has 7 heteroatoms. The fourth-order valence-corrected chi connectivity index (χ4v) is 3.20. The second-order valence-electron chi connectivity index (χ2n) is 5.13. The molecule has 1 N–H and O–H groups in total. The van der Waals surface area contributed by atoms with Gasteiger partial charge in [0.1, 0.15) is 11.4 Å². The highest BCUT2D eigenvalue weighted by Crippen LogP contribution is 2.24. The van der Waals surface area contributed by atoms with E-state index in [1.807, 2.05) is 59.0 Å². The molecule has 0 unspecified atom stereocenters. The standard InChI is InChI=1S/C17H13N5OS/c23-15(19-12-6-2-1-3-7-12)10-24-17-16-21-18-11-22(16)14-9-5-4-8-13(14)20-17/h1-9,11H,10H2,(H,19,23). The lowest BCUT2D eigenvalue weighted by molar-refractivity contribution is -0.113. The molecule has 0 radical (unpaired) electrons.